The highest BCUT2D eigenvalue weighted by molar-refractivity contribution is 7.80. The summed E-state index contributed by atoms with van der Waals surface area (Å²) in [6, 6.07) is 30.8. The molecule has 0 fully saturated rings. The third-order valence-corrected chi connectivity index (χ3v) is 6.76. The molecular formula is C27H21NS. The van der Waals surface area contributed by atoms with Crippen LogP contribution in [0.4, 0.5) is 0 Å². The van der Waals surface area contributed by atoms with Gasteiger partial charge in [-0.2, -0.15) is 0 Å². The molecule has 0 N–H and O–H groups in total. The summed E-state index contributed by atoms with van der Waals surface area (Å²) in [5.74, 6) is 0. The highest BCUT2D eigenvalue weighted by Gasteiger charge is 2.35. The molecule has 1 aliphatic carbocycles. The van der Waals surface area contributed by atoms with Gasteiger partial charge in [0.2, 0.25) is 0 Å². The molecule has 4 aromatic carbocycles. The third kappa shape index (κ3) is 2.24. The van der Waals surface area contributed by atoms with Crippen LogP contribution in [0.15, 0.2) is 89.8 Å². The Labute approximate surface area is 176 Å². The fraction of sp³-hybridized carbons (Fsp3) is 0.111. The Morgan fingerprint density at radius 2 is 1.38 bits per heavy atom. The van der Waals surface area contributed by atoms with Crippen molar-refractivity contribution in [3.8, 4) is 16.8 Å². The summed E-state index contributed by atoms with van der Waals surface area (Å²) in [5.41, 5.74) is 9.18. The maximum atomic E-state index is 4.58. The fourth-order valence-electron chi connectivity index (χ4n) is 5.07. The molecule has 1 aromatic heterocycles. The first-order valence-electron chi connectivity index (χ1n) is 10.0. The summed E-state index contributed by atoms with van der Waals surface area (Å²) in [6.45, 7) is 4.67. The number of hydrogen-bond acceptors (Lipinski definition) is 1. The van der Waals surface area contributed by atoms with Crippen molar-refractivity contribution in [3.05, 3.63) is 96.1 Å². The second-order valence-corrected chi connectivity index (χ2v) is 8.97. The zero-order chi connectivity index (χ0) is 19.8. The Balaban J connectivity index is 1.67. The first-order chi connectivity index (χ1) is 14.1. The standard InChI is InChI=1S/C27H21NS/c1-27(2)23-9-5-3-7-19(23)20-13-11-17(15-24(20)27)28-25-10-6-4-8-21(25)22-16-18(29)12-14-26(22)28/h3-16,29H,1-2H3. The van der Waals surface area contributed by atoms with E-state index in [0.717, 1.165) is 4.90 Å². The Bertz CT molecular complexity index is 1440. The normalized spacial score (nSPS) is 14.3. The van der Waals surface area contributed by atoms with E-state index in [9.17, 15) is 0 Å². The monoisotopic (exact) mass is 391 g/mol. The van der Waals surface area contributed by atoms with Crippen LogP contribution in [0, 0.1) is 0 Å². The first kappa shape index (κ1) is 16.9. The highest BCUT2D eigenvalue weighted by atomic mass is 32.1. The zero-order valence-electron chi connectivity index (χ0n) is 16.5. The minimum atomic E-state index is -0.00103. The van der Waals surface area contributed by atoms with Crippen LogP contribution in [0.2, 0.25) is 0 Å². The molecule has 1 nitrogen and oxygen atoms in total. The van der Waals surface area contributed by atoms with Gasteiger partial charge in [0, 0.05) is 26.8 Å². The lowest BCUT2D eigenvalue weighted by Gasteiger charge is -2.22. The molecule has 0 atom stereocenters. The molecule has 0 aliphatic heterocycles. The van der Waals surface area contributed by atoms with Gasteiger partial charge in [0.1, 0.15) is 0 Å². The Kier molecular flexibility index (Phi) is 3.37. The van der Waals surface area contributed by atoms with Crippen molar-refractivity contribution in [2.45, 2.75) is 24.2 Å². The van der Waals surface area contributed by atoms with Gasteiger partial charge in [0.25, 0.3) is 0 Å². The number of thiol groups is 1. The second kappa shape index (κ2) is 5.77. The molecule has 0 spiro atoms. The van der Waals surface area contributed by atoms with E-state index in [0.29, 0.717) is 0 Å². The van der Waals surface area contributed by atoms with Gasteiger partial charge in [-0.1, -0.05) is 62.4 Å². The highest BCUT2D eigenvalue weighted by Crippen LogP contribution is 2.49. The van der Waals surface area contributed by atoms with E-state index in [1.807, 2.05) is 0 Å². The molecule has 5 aromatic rings. The van der Waals surface area contributed by atoms with Crippen molar-refractivity contribution in [2.24, 2.45) is 0 Å². The average Bonchev–Trinajstić information content (AvgIpc) is 3.18. The van der Waals surface area contributed by atoms with Crippen molar-refractivity contribution < 1.29 is 0 Å². The largest absolute Gasteiger partial charge is 0.309 e. The molecule has 0 radical (unpaired) electrons. The average molecular weight is 392 g/mol. The van der Waals surface area contributed by atoms with Crippen molar-refractivity contribution in [1.82, 2.24) is 4.57 Å². The molecule has 0 saturated heterocycles. The number of hydrogen-bond donors (Lipinski definition) is 1. The maximum Gasteiger partial charge on any atom is 0.0541 e. The predicted octanol–water partition coefficient (Wildman–Crippen LogP) is 7.38. The summed E-state index contributed by atoms with van der Waals surface area (Å²) in [5, 5.41) is 2.51. The maximum absolute atomic E-state index is 4.58. The van der Waals surface area contributed by atoms with E-state index in [2.05, 4.69) is 116 Å². The van der Waals surface area contributed by atoms with Gasteiger partial charge in [-0.25, -0.2) is 0 Å². The van der Waals surface area contributed by atoms with Crippen LogP contribution in [0.3, 0.4) is 0 Å². The summed E-state index contributed by atoms with van der Waals surface area (Å²) >= 11 is 4.58. The summed E-state index contributed by atoms with van der Waals surface area (Å²) < 4.78 is 2.39. The van der Waals surface area contributed by atoms with Gasteiger partial charge in [0.05, 0.1) is 11.0 Å². The quantitative estimate of drug-likeness (QED) is 0.284. The van der Waals surface area contributed by atoms with Crippen LogP contribution < -0.4 is 0 Å². The summed E-state index contributed by atoms with van der Waals surface area (Å²) in [6.07, 6.45) is 0. The van der Waals surface area contributed by atoms with Crippen molar-refractivity contribution >= 4 is 34.4 Å². The van der Waals surface area contributed by atoms with E-state index in [1.54, 1.807) is 0 Å². The number of benzene rings is 4. The van der Waals surface area contributed by atoms with Crippen LogP contribution in [0.1, 0.15) is 25.0 Å². The van der Waals surface area contributed by atoms with Gasteiger partial charge in [-0.05, 0) is 58.7 Å². The lowest BCUT2D eigenvalue weighted by molar-refractivity contribution is 0.660. The Morgan fingerprint density at radius 1 is 0.655 bits per heavy atom. The van der Waals surface area contributed by atoms with E-state index in [-0.39, 0.29) is 5.41 Å². The molecule has 1 heterocycles. The first-order valence-corrected chi connectivity index (χ1v) is 10.5. The number of rotatable bonds is 1. The molecule has 29 heavy (non-hydrogen) atoms. The van der Waals surface area contributed by atoms with Gasteiger partial charge in [0.15, 0.2) is 0 Å². The van der Waals surface area contributed by atoms with Crippen LogP contribution >= 0.6 is 12.6 Å². The summed E-state index contributed by atoms with van der Waals surface area (Å²) in [7, 11) is 0. The minimum Gasteiger partial charge on any atom is -0.309 e. The van der Waals surface area contributed by atoms with Gasteiger partial charge < -0.3 is 4.57 Å². The van der Waals surface area contributed by atoms with E-state index in [4.69, 9.17) is 0 Å². The van der Waals surface area contributed by atoms with Gasteiger partial charge >= 0.3 is 0 Å². The topological polar surface area (TPSA) is 4.93 Å². The van der Waals surface area contributed by atoms with Gasteiger partial charge in [-0.15, -0.1) is 12.6 Å². The minimum absolute atomic E-state index is 0.00103. The smallest absolute Gasteiger partial charge is 0.0541 e. The van der Waals surface area contributed by atoms with E-state index < -0.39 is 0 Å². The molecule has 0 amide bonds. The molecule has 0 bridgehead atoms. The zero-order valence-corrected chi connectivity index (χ0v) is 17.4. The van der Waals surface area contributed by atoms with Crippen LogP contribution in [-0.4, -0.2) is 4.57 Å². The van der Waals surface area contributed by atoms with E-state index in [1.165, 1.54) is 49.7 Å². The lowest BCUT2D eigenvalue weighted by atomic mass is 9.82. The third-order valence-electron chi connectivity index (χ3n) is 6.48. The Morgan fingerprint density at radius 3 is 2.28 bits per heavy atom. The van der Waals surface area contributed by atoms with Crippen LogP contribution in [0.5, 0.6) is 0 Å². The van der Waals surface area contributed by atoms with E-state index >= 15 is 0 Å². The fourth-order valence-corrected chi connectivity index (χ4v) is 5.27. The molecule has 0 saturated carbocycles. The van der Waals surface area contributed by atoms with Crippen LogP contribution in [-0.2, 0) is 5.41 Å². The number of nitrogens with zero attached hydrogens (tertiary/aromatic N) is 1. The predicted molar refractivity (Wildman–Crippen MR) is 126 cm³/mol. The van der Waals surface area contributed by atoms with Crippen molar-refractivity contribution in [3.63, 3.8) is 0 Å². The SMILES string of the molecule is CC1(C)c2ccccc2-c2ccc(-n3c4ccccc4c4cc(S)ccc43)cc21. The molecule has 6 rings (SSSR count). The molecule has 1 aliphatic rings. The summed E-state index contributed by atoms with van der Waals surface area (Å²) in [4.78, 5) is 0.992. The number of fused-ring (bicyclic) bond motifs is 6. The van der Waals surface area contributed by atoms with Crippen LogP contribution in [0.25, 0.3) is 38.6 Å². The van der Waals surface area contributed by atoms with Gasteiger partial charge in [-0.3, -0.25) is 0 Å². The second-order valence-electron chi connectivity index (χ2n) is 8.45. The molecular weight excluding hydrogens is 370 g/mol. The Hall–Kier alpha value is -2.97. The lowest BCUT2D eigenvalue weighted by Crippen LogP contribution is -2.15. The molecule has 140 valence electrons. The molecule has 2 heteroatoms. The molecule has 0 unspecified atom stereocenters. The number of para-hydroxylation sites is 1. The number of aromatic nitrogens is 1. The van der Waals surface area contributed by atoms with Crippen molar-refractivity contribution in [1.29, 1.82) is 0 Å². The van der Waals surface area contributed by atoms with Crippen molar-refractivity contribution in [2.75, 3.05) is 0 Å².